The highest BCUT2D eigenvalue weighted by Crippen LogP contribution is 2.29. The van der Waals surface area contributed by atoms with E-state index in [0.29, 0.717) is 25.2 Å². The molecule has 0 amide bonds. The van der Waals surface area contributed by atoms with Gasteiger partial charge >= 0.3 is 0 Å². The monoisotopic (exact) mass is 362 g/mol. The van der Waals surface area contributed by atoms with Crippen molar-refractivity contribution in [2.24, 2.45) is 5.92 Å². The summed E-state index contributed by atoms with van der Waals surface area (Å²) in [6.07, 6.45) is 4.85. The lowest BCUT2D eigenvalue weighted by Crippen LogP contribution is -2.50. The zero-order valence-corrected chi connectivity index (χ0v) is 16.3. The van der Waals surface area contributed by atoms with Crippen LogP contribution in [-0.4, -0.2) is 67.5 Å². The molecule has 1 aromatic rings. The second kappa shape index (κ2) is 9.58. The van der Waals surface area contributed by atoms with Crippen LogP contribution in [0.2, 0.25) is 0 Å². The predicted molar refractivity (Wildman–Crippen MR) is 104 cm³/mol. The molecule has 5 nitrogen and oxygen atoms in total. The maximum Gasteiger partial charge on any atom is 0.161 e. The number of rotatable bonds is 7. The first-order chi connectivity index (χ1) is 12.7. The molecule has 2 heterocycles. The molecule has 2 fully saturated rings. The summed E-state index contributed by atoms with van der Waals surface area (Å²) in [6.45, 7) is 8.55. The Morgan fingerprint density at radius 2 is 1.92 bits per heavy atom. The second-order valence-corrected chi connectivity index (χ2v) is 7.61. The van der Waals surface area contributed by atoms with Crippen LogP contribution in [0.5, 0.6) is 11.5 Å². The smallest absolute Gasteiger partial charge is 0.161 e. The second-order valence-electron chi connectivity index (χ2n) is 7.61. The van der Waals surface area contributed by atoms with Crippen LogP contribution in [-0.2, 0) is 6.54 Å². The summed E-state index contributed by atoms with van der Waals surface area (Å²) < 4.78 is 11.1. The van der Waals surface area contributed by atoms with Gasteiger partial charge in [0.15, 0.2) is 11.5 Å². The number of piperidine rings is 2. The Hall–Kier alpha value is -1.30. The van der Waals surface area contributed by atoms with E-state index >= 15 is 0 Å². The quantitative estimate of drug-likeness (QED) is 0.808. The third-order valence-corrected chi connectivity index (χ3v) is 5.84. The van der Waals surface area contributed by atoms with E-state index in [0.717, 1.165) is 50.5 Å². The van der Waals surface area contributed by atoms with Gasteiger partial charge in [-0.05, 0) is 75.9 Å². The van der Waals surface area contributed by atoms with Gasteiger partial charge in [-0.1, -0.05) is 6.07 Å². The zero-order chi connectivity index (χ0) is 18.4. The minimum atomic E-state index is 0.351. The molecule has 5 heteroatoms. The molecule has 0 saturated carbocycles. The molecule has 0 bridgehead atoms. The Labute approximate surface area is 157 Å². The summed E-state index contributed by atoms with van der Waals surface area (Å²) in [5.41, 5.74) is 1.29. The topological polar surface area (TPSA) is 45.2 Å². The molecule has 2 aliphatic rings. The fraction of sp³-hybridized carbons (Fsp3) is 0.714. The SMILES string of the molecule is CCOc1cc(CN2CCC[C@H](N3CCC(CO)CC3)C2)ccc1OC. The van der Waals surface area contributed by atoms with Crippen molar-refractivity contribution in [2.75, 3.05) is 46.5 Å². The Kier molecular flexibility index (Phi) is 7.17. The minimum absolute atomic E-state index is 0.351. The van der Waals surface area contributed by atoms with Crippen molar-refractivity contribution in [1.82, 2.24) is 9.80 Å². The highest BCUT2D eigenvalue weighted by molar-refractivity contribution is 5.43. The number of benzene rings is 1. The van der Waals surface area contributed by atoms with Crippen LogP contribution in [0.25, 0.3) is 0 Å². The van der Waals surface area contributed by atoms with Crippen molar-refractivity contribution in [3.63, 3.8) is 0 Å². The zero-order valence-electron chi connectivity index (χ0n) is 16.3. The number of ether oxygens (including phenoxy) is 2. The molecule has 1 N–H and O–H groups in total. The highest BCUT2D eigenvalue weighted by Gasteiger charge is 2.28. The Morgan fingerprint density at radius 1 is 1.12 bits per heavy atom. The number of hydrogen-bond acceptors (Lipinski definition) is 5. The summed E-state index contributed by atoms with van der Waals surface area (Å²) in [4.78, 5) is 5.22. The van der Waals surface area contributed by atoms with Gasteiger partial charge in [-0.3, -0.25) is 9.80 Å². The Bertz CT molecular complexity index is 558. The normalized spacial score (nSPS) is 23.1. The van der Waals surface area contributed by atoms with Crippen LogP contribution in [0.15, 0.2) is 18.2 Å². The lowest BCUT2D eigenvalue weighted by Gasteiger charge is -2.42. The van der Waals surface area contributed by atoms with Gasteiger partial charge in [0, 0.05) is 25.7 Å². The molecule has 146 valence electrons. The minimum Gasteiger partial charge on any atom is -0.493 e. The van der Waals surface area contributed by atoms with Gasteiger partial charge in [-0.25, -0.2) is 0 Å². The number of nitrogens with zero attached hydrogens (tertiary/aromatic N) is 2. The fourth-order valence-electron chi connectivity index (χ4n) is 4.32. The van der Waals surface area contributed by atoms with E-state index < -0.39 is 0 Å². The van der Waals surface area contributed by atoms with E-state index in [1.807, 2.05) is 13.0 Å². The molecule has 0 aromatic heterocycles. The maximum absolute atomic E-state index is 9.35. The molecule has 26 heavy (non-hydrogen) atoms. The third-order valence-electron chi connectivity index (χ3n) is 5.84. The lowest BCUT2D eigenvalue weighted by molar-refractivity contribution is 0.0543. The number of hydrogen-bond donors (Lipinski definition) is 1. The van der Waals surface area contributed by atoms with Gasteiger partial charge < -0.3 is 14.6 Å². The molecular weight excluding hydrogens is 328 g/mol. The van der Waals surface area contributed by atoms with Gasteiger partial charge in [-0.15, -0.1) is 0 Å². The summed E-state index contributed by atoms with van der Waals surface area (Å²) in [5.74, 6) is 2.16. The Morgan fingerprint density at radius 3 is 2.62 bits per heavy atom. The molecule has 0 spiro atoms. The van der Waals surface area contributed by atoms with Crippen molar-refractivity contribution < 1.29 is 14.6 Å². The van der Waals surface area contributed by atoms with Crippen molar-refractivity contribution in [3.05, 3.63) is 23.8 Å². The summed E-state index contributed by atoms with van der Waals surface area (Å²) in [6, 6.07) is 6.95. The first-order valence-corrected chi connectivity index (χ1v) is 10.1. The molecule has 1 aromatic carbocycles. The molecule has 0 unspecified atom stereocenters. The molecular formula is C21H34N2O3. The number of aliphatic hydroxyl groups excluding tert-OH is 1. The van der Waals surface area contributed by atoms with Gasteiger partial charge in [0.1, 0.15) is 0 Å². The van der Waals surface area contributed by atoms with E-state index in [1.165, 1.54) is 24.9 Å². The van der Waals surface area contributed by atoms with Crippen LogP contribution in [0.3, 0.4) is 0 Å². The van der Waals surface area contributed by atoms with E-state index in [2.05, 4.69) is 21.9 Å². The first kappa shape index (κ1) is 19.5. The van der Waals surface area contributed by atoms with Crippen LogP contribution in [0, 0.1) is 5.92 Å². The van der Waals surface area contributed by atoms with Gasteiger partial charge in [0.2, 0.25) is 0 Å². The molecule has 1 atom stereocenters. The largest absolute Gasteiger partial charge is 0.493 e. The van der Waals surface area contributed by atoms with Crippen molar-refractivity contribution in [3.8, 4) is 11.5 Å². The van der Waals surface area contributed by atoms with Crippen LogP contribution < -0.4 is 9.47 Å². The standard InChI is InChI=1S/C21H34N2O3/c1-3-26-21-13-18(6-7-20(21)25-2)14-22-10-4-5-19(15-22)23-11-8-17(16-24)9-12-23/h6-7,13,17,19,24H,3-5,8-12,14-16H2,1-2H3/t19-/m0/s1. The third kappa shape index (κ3) is 4.90. The van der Waals surface area contributed by atoms with E-state index in [4.69, 9.17) is 9.47 Å². The van der Waals surface area contributed by atoms with E-state index in [9.17, 15) is 5.11 Å². The number of aliphatic hydroxyl groups is 1. The number of likely N-dealkylation sites (tertiary alicyclic amines) is 2. The molecule has 2 saturated heterocycles. The van der Waals surface area contributed by atoms with Gasteiger partial charge in [0.05, 0.1) is 13.7 Å². The van der Waals surface area contributed by atoms with Crippen LogP contribution in [0.1, 0.15) is 38.2 Å². The van der Waals surface area contributed by atoms with E-state index in [-0.39, 0.29) is 0 Å². The molecule has 0 aliphatic carbocycles. The van der Waals surface area contributed by atoms with Crippen molar-refractivity contribution >= 4 is 0 Å². The summed E-state index contributed by atoms with van der Waals surface area (Å²) >= 11 is 0. The number of methoxy groups -OCH3 is 1. The summed E-state index contributed by atoms with van der Waals surface area (Å²) in [5, 5.41) is 9.35. The molecule has 3 rings (SSSR count). The Balaban J connectivity index is 1.57. The maximum atomic E-state index is 9.35. The fourth-order valence-corrected chi connectivity index (χ4v) is 4.32. The summed E-state index contributed by atoms with van der Waals surface area (Å²) in [7, 11) is 1.69. The average molecular weight is 363 g/mol. The molecule has 0 radical (unpaired) electrons. The lowest BCUT2D eigenvalue weighted by atomic mass is 9.94. The van der Waals surface area contributed by atoms with Gasteiger partial charge in [0.25, 0.3) is 0 Å². The average Bonchev–Trinajstić information content (AvgIpc) is 2.69. The highest BCUT2D eigenvalue weighted by atomic mass is 16.5. The molecule has 2 aliphatic heterocycles. The van der Waals surface area contributed by atoms with Crippen molar-refractivity contribution in [2.45, 2.75) is 45.2 Å². The van der Waals surface area contributed by atoms with Crippen LogP contribution >= 0.6 is 0 Å². The van der Waals surface area contributed by atoms with E-state index in [1.54, 1.807) is 7.11 Å². The predicted octanol–water partition coefficient (Wildman–Crippen LogP) is 2.76. The van der Waals surface area contributed by atoms with Gasteiger partial charge in [-0.2, -0.15) is 0 Å². The first-order valence-electron chi connectivity index (χ1n) is 10.1. The van der Waals surface area contributed by atoms with Crippen molar-refractivity contribution in [1.29, 1.82) is 0 Å². The van der Waals surface area contributed by atoms with Crippen LogP contribution in [0.4, 0.5) is 0 Å².